The predicted molar refractivity (Wildman–Crippen MR) is 66.4 cm³/mol. The van der Waals surface area contributed by atoms with Crippen molar-refractivity contribution >= 4 is 0 Å². The molecule has 0 saturated carbocycles. The number of nitrogens with zero attached hydrogens (tertiary/aromatic N) is 1. The fourth-order valence-electron chi connectivity index (χ4n) is 2.44. The van der Waals surface area contributed by atoms with E-state index in [1.54, 1.807) is 0 Å². The molecule has 88 valence electrons. The van der Waals surface area contributed by atoms with Crippen LogP contribution in [0.3, 0.4) is 0 Å². The Labute approximate surface area is 98.5 Å². The van der Waals surface area contributed by atoms with Gasteiger partial charge in [0, 0.05) is 18.3 Å². The molecule has 2 nitrogen and oxygen atoms in total. The molecular formula is C14H23N2+. The van der Waals surface area contributed by atoms with Crippen molar-refractivity contribution in [1.82, 2.24) is 4.98 Å². The van der Waals surface area contributed by atoms with Crippen molar-refractivity contribution in [2.75, 3.05) is 6.54 Å². The Hall–Kier alpha value is -0.890. The maximum Gasteiger partial charge on any atom is 0.0915 e. The Morgan fingerprint density at radius 1 is 1.31 bits per heavy atom. The minimum absolute atomic E-state index is 0.766. The average molecular weight is 219 g/mol. The van der Waals surface area contributed by atoms with Crippen LogP contribution in [0.1, 0.15) is 43.9 Å². The molecule has 16 heavy (non-hydrogen) atoms. The number of hydrogen-bond donors (Lipinski definition) is 1. The van der Waals surface area contributed by atoms with Gasteiger partial charge in [-0.15, -0.1) is 0 Å². The molecule has 0 aliphatic carbocycles. The standard InChI is InChI=1S/C14H22N2/c1-2-12-7-8-14(16-11-12)10-13-6-4-3-5-9-15-13/h7-8,11,13,15H,2-6,9-10H2,1H3/p+1/t13-/m1/s1. The number of aryl methyl sites for hydroxylation is 1. The topological polar surface area (TPSA) is 29.5 Å². The highest BCUT2D eigenvalue weighted by atomic mass is 14.9. The fourth-order valence-corrected chi connectivity index (χ4v) is 2.44. The third-order valence-corrected chi connectivity index (χ3v) is 3.54. The van der Waals surface area contributed by atoms with Crippen LogP contribution >= 0.6 is 0 Å². The van der Waals surface area contributed by atoms with Gasteiger partial charge in [-0.05, 0) is 43.7 Å². The second-order valence-corrected chi connectivity index (χ2v) is 4.85. The van der Waals surface area contributed by atoms with E-state index in [0.29, 0.717) is 0 Å². The zero-order valence-electron chi connectivity index (χ0n) is 10.3. The van der Waals surface area contributed by atoms with E-state index in [9.17, 15) is 0 Å². The van der Waals surface area contributed by atoms with Crippen LogP contribution < -0.4 is 5.32 Å². The van der Waals surface area contributed by atoms with Crippen LogP contribution in [-0.4, -0.2) is 17.6 Å². The molecule has 0 aromatic carbocycles. The van der Waals surface area contributed by atoms with Crippen LogP contribution in [0.5, 0.6) is 0 Å². The smallest absolute Gasteiger partial charge is 0.0915 e. The summed E-state index contributed by atoms with van der Waals surface area (Å²) in [5, 5.41) is 2.52. The molecule has 0 bridgehead atoms. The van der Waals surface area contributed by atoms with Gasteiger partial charge in [0.2, 0.25) is 0 Å². The summed E-state index contributed by atoms with van der Waals surface area (Å²) in [4.78, 5) is 4.55. The minimum Gasteiger partial charge on any atom is -0.343 e. The first-order valence-corrected chi connectivity index (χ1v) is 6.65. The highest BCUT2D eigenvalue weighted by molar-refractivity contribution is 5.14. The van der Waals surface area contributed by atoms with Gasteiger partial charge in [0.05, 0.1) is 12.6 Å². The summed E-state index contributed by atoms with van der Waals surface area (Å²) in [6, 6.07) is 5.19. The Morgan fingerprint density at radius 3 is 3.00 bits per heavy atom. The third-order valence-electron chi connectivity index (χ3n) is 3.54. The van der Waals surface area contributed by atoms with E-state index in [1.807, 2.05) is 6.20 Å². The van der Waals surface area contributed by atoms with Gasteiger partial charge in [-0.25, -0.2) is 0 Å². The Morgan fingerprint density at radius 2 is 2.25 bits per heavy atom. The van der Waals surface area contributed by atoms with Crippen molar-refractivity contribution < 1.29 is 5.32 Å². The molecule has 1 atom stereocenters. The lowest BCUT2D eigenvalue weighted by atomic mass is 10.0. The predicted octanol–water partition coefficient (Wildman–Crippen LogP) is 1.69. The molecule has 1 aliphatic rings. The van der Waals surface area contributed by atoms with E-state index >= 15 is 0 Å². The number of rotatable bonds is 3. The molecule has 0 radical (unpaired) electrons. The summed E-state index contributed by atoms with van der Waals surface area (Å²) in [5.41, 5.74) is 2.61. The number of nitrogens with two attached hydrogens (primary N) is 1. The number of hydrogen-bond acceptors (Lipinski definition) is 1. The Balaban J connectivity index is 1.91. The lowest BCUT2D eigenvalue weighted by Gasteiger charge is -2.12. The molecule has 2 heteroatoms. The van der Waals surface area contributed by atoms with Gasteiger partial charge in [0.25, 0.3) is 0 Å². The quantitative estimate of drug-likeness (QED) is 0.823. The molecule has 1 aromatic heterocycles. The van der Waals surface area contributed by atoms with Gasteiger partial charge in [-0.2, -0.15) is 0 Å². The maximum atomic E-state index is 4.55. The van der Waals surface area contributed by atoms with Gasteiger partial charge in [-0.3, -0.25) is 4.98 Å². The minimum atomic E-state index is 0.766. The van der Waals surface area contributed by atoms with E-state index in [1.165, 1.54) is 43.5 Å². The monoisotopic (exact) mass is 219 g/mol. The van der Waals surface area contributed by atoms with Gasteiger partial charge in [-0.1, -0.05) is 13.0 Å². The lowest BCUT2D eigenvalue weighted by Crippen LogP contribution is -2.90. The van der Waals surface area contributed by atoms with Crippen molar-refractivity contribution in [2.24, 2.45) is 0 Å². The summed E-state index contributed by atoms with van der Waals surface area (Å²) in [6.07, 6.45) is 9.82. The number of aromatic nitrogens is 1. The van der Waals surface area contributed by atoms with Crippen LogP contribution in [0.4, 0.5) is 0 Å². The van der Waals surface area contributed by atoms with Crippen LogP contribution in [0.15, 0.2) is 18.3 Å². The first-order chi connectivity index (χ1) is 7.88. The highest BCUT2D eigenvalue weighted by Crippen LogP contribution is 2.09. The van der Waals surface area contributed by atoms with E-state index < -0.39 is 0 Å². The van der Waals surface area contributed by atoms with Gasteiger partial charge < -0.3 is 5.32 Å². The SMILES string of the molecule is CCc1ccc(C[C@H]2CCCCC[NH2+]2)nc1. The molecule has 0 amide bonds. The molecule has 1 saturated heterocycles. The summed E-state index contributed by atoms with van der Waals surface area (Å²) in [6.45, 7) is 3.48. The molecule has 0 unspecified atom stereocenters. The molecule has 1 fully saturated rings. The van der Waals surface area contributed by atoms with Crippen molar-refractivity contribution in [3.05, 3.63) is 29.6 Å². The summed E-state index contributed by atoms with van der Waals surface area (Å²) in [5.74, 6) is 0. The van der Waals surface area contributed by atoms with E-state index in [2.05, 4.69) is 29.4 Å². The zero-order valence-corrected chi connectivity index (χ0v) is 10.3. The highest BCUT2D eigenvalue weighted by Gasteiger charge is 2.15. The molecule has 0 spiro atoms. The van der Waals surface area contributed by atoms with Crippen molar-refractivity contribution in [3.63, 3.8) is 0 Å². The van der Waals surface area contributed by atoms with Gasteiger partial charge >= 0.3 is 0 Å². The number of quaternary nitrogens is 1. The van der Waals surface area contributed by atoms with Crippen LogP contribution in [-0.2, 0) is 12.8 Å². The fraction of sp³-hybridized carbons (Fsp3) is 0.643. The van der Waals surface area contributed by atoms with Gasteiger partial charge in [0.1, 0.15) is 0 Å². The second kappa shape index (κ2) is 6.00. The van der Waals surface area contributed by atoms with Crippen molar-refractivity contribution in [3.8, 4) is 0 Å². The lowest BCUT2D eigenvalue weighted by molar-refractivity contribution is -0.687. The molecule has 2 heterocycles. The van der Waals surface area contributed by atoms with Gasteiger partial charge in [0.15, 0.2) is 0 Å². The molecule has 1 aliphatic heterocycles. The maximum absolute atomic E-state index is 4.55. The first kappa shape index (κ1) is 11.6. The van der Waals surface area contributed by atoms with Crippen molar-refractivity contribution in [2.45, 2.75) is 51.5 Å². The average Bonchev–Trinajstić information content (AvgIpc) is 2.59. The molecule has 1 aromatic rings. The molecule has 2 rings (SSSR count). The summed E-state index contributed by atoms with van der Waals surface area (Å²) in [7, 11) is 0. The Bertz CT molecular complexity index is 297. The molecule has 2 N–H and O–H groups in total. The largest absolute Gasteiger partial charge is 0.343 e. The first-order valence-electron chi connectivity index (χ1n) is 6.65. The van der Waals surface area contributed by atoms with E-state index in [4.69, 9.17) is 0 Å². The van der Waals surface area contributed by atoms with Crippen LogP contribution in [0.2, 0.25) is 0 Å². The van der Waals surface area contributed by atoms with Crippen LogP contribution in [0, 0.1) is 0 Å². The van der Waals surface area contributed by atoms with Crippen LogP contribution in [0.25, 0.3) is 0 Å². The van der Waals surface area contributed by atoms with E-state index in [-0.39, 0.29) is 0 Å². The van der Waals surface area contributed by atoms with Crippen molar-refractivity contribution in [1.29, 1.82) is 0 Å². The van der Waals surface area contributed by atoms with E-state index in [0.717, 1.165) is 18.9 Å². The normalized spacial score (nSPS) is 21.7. The molecular weight excluding hydrogens is 196 g/mol. The Kier molecular flexibility index (Phi) is 4.34. The summed E-state index contributed by atoms with van der Waals surface area (Å²) >= 11 is 0. The third kappa shape index (κ3) is 3.31. The second-order valence-electron chi connectivity index (χ2n) is 4.85. The number of pyridine rings is 1. The zero-order chi connectivity index (χ0) is 11.2. The summed E-state index contributed by atoms with van der Waals surface area (Å²) < 4.78 is 0.